The van der Waals surface area contributed by atoms with Crippen molar-refractivity contribution in [3.63, 3.8) is 0 Å². The lowest BCUT2D eigenvalue weighted by molar-refractivity contribution is 0.181. The van der Waals surface area contributed by atoms with Crippen LogP contribution in [-0.2, 0) is 12.8 Å². The van der Waals surface area contributed by atoms with E-state index in [9.17, 15) is 5.11 Å². The zero-order valence-corrected chi connectivity index (χ0v) is 15.3. The number of aryl methyl sites for hydroxylation is 1. The van der Waals surface area contributed by atoms with E-state index in [1.165, 1.54) is 22.2 Å². The highest BCUT2D eigenvalue weighted by atomic mass is 16.5. The van der Waals surface area contributed by atoms with Crippen LogP contribution < -0.4 is 10.1 Å². The highest BCUT2D eigenvalue weighted by Crippen LogP contribution is 2.32. The highest BCUT2D eigenvalue weighted by molar-refractivity contribution is 5.86. The number of rotatable bonds is 5. The van der Waals surface area contributed by atoms with E-state index in [0.29, 0.717) is 12.1 Å². The number of nitrogens with one attached hydrogen (secondary N) is 2. The van der Waals surface area contributed by atoms with Gasteiger partial charge in [-0.05, 0) is 54.9 Å². The first kappa shape index (κ1) is 17.3. The van der Waals surface area contributed by atoms with Crippen LogP contribution in [0, 0.1) is 5.41 Å². The van der Waals surface area contributed by atoms with Gasteiger partial charge in [0, 0.05) is 35.3 Å². The highest BCUT2D eigenvalue weighted by Gasteiger charge is 2.29. The Morgan fingerprint density at radius 1 is 1.38 bits per heavy atom. The molecule has 0 fully saturated rings. The van der Waals surface area contributed by atoms with E-state index in [-0.39, 0.29) is 12.0 Å². The van der Waals surface area contributed by atoms with Crippen molar-refractivity contribution in [1.29, 1.82) is 0 Å². The molecule has 1 aromatic carbocycles. The lowest BCUT2D eigenvalue weighted by Crippen LogP contribution is -2.48. The fourth-order valence-corrected chi connectivity index (χ4v) is 3.85. The lowest BCUT2D eigenvalue weighted by Gasteiger charge is -2.36. The van der Waals surface area contributed by atoms with E-state index in [1.807, 2.05) is 6.07 Å². The van der Waals surface area contributed by atoms with Crippen LogP contribution >= 0.6 is 0 Å². The third kappa shape index (κ3) is 3.45. The summed E-state index contributed by atoms with van der Waals surface area (Å²) in [4.78, 5) is 3.57. The molecule has 2 atom stereocenters. The number of ether oxygens (including phenoxy) is 1. The fraction of sp³-hybridized carbons (Fsp3) is 0.600. The Morgan fingerprint density at radius 3 is 2.83 bits per heavy atom. The molecule has 4 heteroatoms. The molecule has 24 heavy (non-hydrogen) atoms. The van der Waals surface area contributed by atoms with Crippen molar-refractivity contribution < 1.29 is 9.84 Å². The predicted molar refractivity (Wildman–Crippen MR) is 98.7 cm³/mol. The Balaban J connectivity index is 1.82. The van der Waals surface area contributed by atoms with E-state index in [0.717, 1.165) is 31.4 Å². The van der Waals surface area contributed by atoms with Crippen LogP contribution in [0.4, 0.5) is 0 Å². The van der Waals surface area contributed by atoms with E-state index >= 15 is 0 Å². The SMILES string of the molecule is COc1ccc2[nH]c3c(c2c1)C[C@@H](N[C@H](CCO)C(C)(C)C)CC3. The van der Waals surface area contributed by atoms with Crippen molar-refractivity contribution >= 4 is 10.9 Å². The number of aromatic nitrogens is 1. The molecule has 0 amide bonds. The molecular formula is C20H30N2O2. The van der Waals surface area contributed by atoms with Gasteiger partial charge in [-0.25, -0.2) is 0 Å². The number of hydrogen-bond acceptors (Lipinski definition) is 3. The first-order chi connectivity index (χ1) is 11.4. The summed E-state index contributed by atoms with van der Waals surface area (Å²) in [6.45, 7) is 6.96. The summed E-state index contributed by atoms with van der Waals surface area (Å²) in [6, 6.07) is 7.05. The standard InChI is InChI=1S/C20H30N2O2/c1-20(2,3)19(9-10-23)21-13-5-7-17-15(11-13)16-12-14(24-4)6-8-18(16)22-17/h6,8,12-13,19,21-23H,5,7,9-11H2,1-4H3/t13-,19+/m0/s1. The van der Waals surface area contributed by atoms with Crippen molar-refractivity contribution in [2.75, 3.05) is 13.7 Å². The minimum absolute atomic E-state index is 0.145. The van der Waals surface area contributed by atoms with Crippen LogP contribution in [0.25, 0.3) is 10.9 Å². The Hall–Kier alpha value is -1.52. The van der Waals surface area contributed by atoms with Crippen LogP contribution in [0.5, 0.6) is 5.75 Å². The second-order valence-electron chi connectivity index (χ2n) is 8.03. The molecule has 0 spiro atoms. The molecule has 1 aliphatic rings. The van der Waals surface area contributed by atoms with E-state index in [4.69, 9.17) is 4.74 Å². The summed E-state index contributed by atoms with van der Waals surface area (Å²) in [5.74, 6) is 0.909. The molecule has 3 rings (SSSR count). The topological polar surface area (TPSA) is 57.3 Å². The van der Waals surface area contributed by atoms with Gasteiger partial charge in [-0.1, -0.05) is 20.8 Å². The van der Waals surface area contributed by atoms with Crippen molar-refractivity contribution in [2.45, 2.75) is 58.5 Å². The summed E-state index contributed by atoms with van der Waals surface area (Å²) in [6.07, 6.45) is 4.03. The molecule has 2 aromatic rings. The first-order valence-electron chi connectivity index (χ1n) is 8.96. The maximum Gasteiger partial charge on any atom is 0.119 e. The number of aliphatic hydroxyl groups excluding tert-OH is 1. The maximum atomic E-state index is 9.39. The van der Waals surface area contributed by atoms with Gasteiger partial charge in [0.1, 0.15) is 5.75 Å². The average molecular weight is 330 g/mol. The number of benzene rings is 1. The molecule has 4 nitrogen and oxygen atoms in total. The monoisotopic (exact) mass is 330 g/mol. The Morgan fingerprint density at radius 2 is 2.17 bits per heavy atom. The largest absolute Gasteiger partial charge is 0.497 e. The van der Waals surface area contributed by atoms with Crippen LogP contribution in [0.15, 0.2) is 18.2 Å². The second kappa shape index (κ2) is 6.77. The molecule has 0 saturated heterocycles. The van der Waals surface area contributed by atoms with Gasteiger partial charge in [0.2, 0.25) is 0 Å². The number of aromatic amines is 1. The summed E-state index contributed by atoms with van der Waals surface area (Å²) >= 11 is 0. The van der Waals surface area contributed by atoms with Gasteiger partial charge < -0.3 is 20.1 Å². The number of fused-ring (bicyclic) bond motifs is 3. The Bertz CT molecular complexity index is 699. The van der Waals surface area contributed by atoms with Gasteiger partial charge in [0.05, 0.1) is 7.11 Å². The Labute approximate surface area is 144 Å². The molecule has 0 bridgehead atoms. The summed E-state index contributed by atoms with van der Waals surface area (Å²) in [5, 5.41) is 14.5. The van der Waals surface area contributed by atoms with Crippen LogP contribution in [0.2, 0.25) is 0 Å². The van der Waals surface area contributed by atoms with Crippen molar-refractivity contribution in [2.24, 2.45) is 5.41 Å². The lowest BCUT2D eigenvalue weighted by atomic mass is 9.83. The minimum Gasteiger partial charge on any atom is -0.497 e. The van der Waals surface area contributed by atoms with Crippen LogP contribution in [0.3, 0.4) is 0 Å². The molecule has 1 aromatic heterocycles. The normalized spacial score (nSPS) is 19.3. The van der Waals surface area contributed by atoms with E-state index in [2.05, 4.69) is 43.2 Å². The summed E-state index contributed by atoms with van der Waals surface area (Å²) in [7, 11) is 1.72. The zero-order chi connectivity index (χ0) is 17.3. The molecule has 0 saturated carbocycles. The van der Waals surface area contributed by atoms with Crippen LogP contribution in [-0.4, -0.2) is 35.9 Å². The summed E-state index contributed by atoms with van der Waals surface area (Å²) in [5.41, 5.74) is 4.13. The predicted octanol–water partition coefficient (Wildman–Crippen LogP) is 3.42. The number of aliphatic hydroxyl groups is 1. The molecular weight excluding hydrogens is 300 g/mol. The summed E-state index contributed by atoms with van der Waals surface area (Å²) < 4.78 is 5.39. The fourth-order valence-electron chi connectivity index (χ4n) is 3.85. The number of methoxy groups -OCH3 is 1. The van der Waals surface area contributed by atoms with Gasteiger partial charge in [-0.3, -0.25) is 0 Å². The molecule has 1 heterocycles. The Kier molecular flexibility index (Phi) is 4.88. The smallest absolute Gasteiger partial charge is 0.119 e. The number of hydrogen-bond donors (Lipinski definition) is 3. The molecule has 0 unspecified atom stereocenters. The first-order valence-corrected chi connectivity index (χ1v) is 8.96. The molecule has 3 N–H and O–H groups in total. The molecule has 0 aliphatic heterocycles. The molecule has 132 valence electrons. The van der Waals surface area contributed by atoms with Crippen LogP contribution in [0.1, 0.15) is 44.9 Å². The van der Waals surface area contributed by atoms with Crippen molar-refractivity contribution in [1.82, 2.24) is 10.3 Å². The van der Waals surface area contributed by atoms with E-state index in [1.54, 1.807) is 7.11 Å². The molecule has 0 radical (unpaired) electrons. The number of H-pyrrole nitrogens is 1. The third-order valence-corrected chi connectivity index (χ3v) is 5.30. The van der Waals surface area contributed by atoms with Gasteiger partial charge >= 0.3 is 0 Å². The third-order valence-electron chi connectivity index (χ3n) is 5.30. The average Bonchev–Trinajstić information content (AvgIpc) is 2.90. The zero-order valence-electron chi connectivity index (χ0n) is 15.3. The molecule has 1 aliphatic carbocycles. The van der Waals surface area contributed by atoms with Crippen molar-refractivity contribution in [3.05, 3.63) is 29.5 Å². The van der Waals surface area contributed by atoms with Crippen molar-refractivity contribution in [3.8, 4) is 5.75 Å². The van der Waals surface area contributed by atoms with Gasteiger partial charge in [-0.2, -0.15) is 0 Å². The minimum atomic E-state index is 0.145. The maximum absolute atomic E-state index is 9.39. The van der Waals surface area contributed by atoms with Gasteiger partial charge in [0.25, 0.3) is 0 Å². The van der Waals surface area contributed by atoms with Gasteiger partial charge in [-0.15, -0.1) is 0 Å². The quantitative estimate of drug-likeness (QED) is 0.787. The van der Waals surface area contributed by atoms with E-state index < -0.39 is 0 Å². The second-order valence-corrected chi connectivity index (χ2v) is 8.03. The van der Waals surface area contributed by atoms with Gasteiger partial charge in [0.15, 0.2) is 0 Å².